The Bertz CT molecular complexity index is 1140. The number of carbonyl (C=O) groups is 1. The molecular formula is C23H21N3O3. The Morgan fingerprint density at radius 3 is 2.41 bits per heavy atom. The number of fused-ring (bicyclic) bond motifs is 1. The lowest BCUT2D eigenvalue weighted by Crippen LogP contribution is -2.16. The molecule has 0 aliphatic carbocycles. The maximum Gasteiger partial charge on any atom is 0.274 e. The molecule has 0 atom stereocenters. The standard InChI is InChI=1S/C23H21N3O3/c1-3-19-21(26-15-7-10-20(28-2)22(26)25-19)23(27)24-16-11-13-18(14-12-16)29-17-8-5-4-6-9-17/h4-15H,3H2,1-2H3,(H,24,27). The molecule has 4 aromatic rings. The zero-order chi connectivity index (χ0) is 20.2. The van der Waals surface area contributed by atoms with Gasteiger partial charge in [0.15, 0.2) is 11.4 Å². The van der Waals surface area contributed by atoms with E-state index in [0.717, 1.165) is 11.4 Å². The molecule has 0 saturated carbocycles. The number of nitrogens with zero attached hydrogens (tertiary/aromatic N) is 2. The quantitative estimate of drug-likeness (QED) is 0.508. The predicted molar refractivity (Wildman–Crippen MR) is 112 cm³/mol. The summed E-state index contributed by atoms with van der Waals surface area (Å²) in [6, 6.07) is 20.5. The van der Waals surface area contributed by atoms with Gasteiger partial charge in [0.05, 0.1) is 12.8 Å². The zero-order valence-electron chi connectivity index (χ0n) is 16.3. The number of para-hydroxylation sites is 1. The van der Waals surface area contributed by atoms with Crippen molar-refractivity contribution in [2.45, 2.75) is 13.3 Å². The van der Waals surface area contributed by atoms with E-state index in [1.807, 2.05) is 79.9 Å². The van der Waals surface area contributed by atoms with Gasteiger partial charge in [-0.25, -0.2) is 4.98 Å². The second-order valence-electron chi connectivity index (χ2n) is 6.42. The molecule has 0 bridgehead atoms. The lowest BCUT2D eigenvalue weighted by molar-refractivity contribution is 0.102. The van der Waals surface area contributed by atoms with E-state index in [1.165, 1.54) is 0 Å². The van der Waals surface area contributed by atoms with Crippen molar-refractivity contribution in [3.8, 4) is 17.2 Å². The molecule has 2 aromatic carbocycles. The van der Waals surface area contributed by atoms with Crippen molar-refractivity contribution in [2.75, 3.05) is 12.4 Å². The summed E-state index contributed by atoms with van der Waals surface area (Å²) in [7, 11) is 1.59. The monoisotopic (exact) mass is 387 g/mol. The molecule has 4 rings (SSSR count). The number of amides is 1. The third kappa shape index (κ3) is 3.78. The molecule has 2 aromatic heterocycles. The number of aromatic nitrogens is 2. The topological polar surface area (TPSA) is 64.9 Å². The van der Waals surface area contributed by atoms with Gasteiger partial charge in [-0.15, -0.1) is 0 Å². The number of ether oxygens (including phenoxy) is 2. The van der Waals surface area contributed by atoms with Gasteiger partial charge < -0.3 is 14.8 Å². The van der Waals surface area contributed by atoms with Gasteiger partial charge in [-0.05, 0) is 55.0 Å². The molecule has 1 amide bonds. The predicted octanol–water partition coefficient (Wildman–Crippen LogP) is 4.95. The van der Waals surface area contributed by atoms with E-state index < -0.39 is 0 Å². The van der Waals surface area contributed by atoms with Gasteiger partial charge in [0.25, 0.3) is 5.91 Å². The SMILES string of the molecule is CCc1nc2c(OC)cccn2c1C(=O)Nc1ccc(Oc2ccccc2)cc1. The Labute approximate surface area is 168 Å². The van der Waals surface area contributed by atoms with Crippen LogP contribution in [0, 0.1) is 0 Å². The fraction of sp³-hybridized carbons (Fsp3) is 0.130. The highest BCUT2D eigenvalue weighted by molar-refractivity contribution is 6.04. The molecule has 2 heterocycles. The van der Waals surface area contributed by atoms with Crippen LogP contribution in [0.1, 0.15) is 23.1 Å². The van der Waals surface area contributed by atoms with Crippen molar-refractivity contribution in [3.63, 3.8) is 0 Å². The number of nitrogens with one attached hydrogen (secondary N) is 1. The van der Waals surface area contributed by atoms with Crippen LogP contribution in [0.4, 0.5) is 5.69 Å². The van der Waals surface area contributed by atoms with Gasteiger partial charge in [0, 0.05) is 11.9 Å². The average molecular weight is 387 g/mol. The Kier molecular flexibility index (Phi) is 5.16. The van der Waals surface area contributed by atoms with E-state index in [4.69, 9.17) is 9.47 Å². The number of hydrogen-bond acceptors (Lipinski definition) is 4. The van der Waals surface area contributed by atoms with Crippen LogP contribution in [0.2, 0.25) is 0 Å². The number of methoxy groups -OCH3 is 1. The van der Waals surface area contributed by atoms with Gasteiger partial charge in [-0.1, -0.05) is 25.1 Å². The number of aryl methyl sites for hydroxylation is 1. The summed E-state index contributed by atoms with van der Waals surface area (Å²) in [5.74, 6) is 1.86. The molecule has 0 unspecified atom stereocenters. The summed E-state index contributed by atoms with van der Waals surface area (Å²) in [6.45, 7) is 1.97. The fourth-order valence-electron chi connectivity index (χ4n) is 3.16. The van der Waals surface area contributed by atoms with Gasteiger partial charge in [-0.2, -0.15) is 0 Å². The average Bonchev–Trinajstić information content (AvgIpc) is 3.15. The molecule has 0 aliphatic rings. The van der Waals surface area contributed by atoms with Crippen LogP contribution in [-0.2, 0) is 6.42 Å². The Hall–Kier alpha value is -3.80. The van der Waals surface area contributed by atoms with Crippen molar-refractivity contribution < 1.29 is 14.3 Å². The minimum Gasteiger partial charge on any atom is -0.493 e. The summed E-state index contributed by atoms with van der Waals surface area (Å²) in [4.78, 5) is 17.6. The van der Waals surface area contributed by atoms with Gasteiger partial charge in [0.2, 0.25) is 0 Å². The Morgan fingerprint density at radius 2 is 1.72 bits per heavy atom. The smallest absolute Gasteiger partial charge is 0.274 e. The number of anilines is 1. The third-order valence-corrected chi connectivity index (χ3v) is 4.55. The van der Waals surface area contributed by atoms with Crippen LogP contribution in [-0.4, -0.2) is 22.4 Å². The van der Waals surface area contributed by atoms with Crippen LogP contribution in [0.3, 0.4) is 0 Å². The fourth-order valence-corrected chi connectivity index (χ4v) is 3.16. The van der Waals surface area contributed by atoms with E-state index >= 15 is 0 Å². The van der Waals surface area contributed by atoms with Crippen LogP contribution in [0.5, 0.6) is 17.2 Å². The lowest BCUT2D eigenvalue weighted by Gasteiger charge is -2.09. The van der Waals surface area contributed by atoms with Crippen LogP contribution >= 0.6 is 0 Å². The van der Waals surface area contributed by atoms with E-state index in [1.54, 1.807) is 11.5 Å². The third-order valence-electron chi connectivity index (χ3n) is 4.55. The summed E-state index contributed by atoms with van der Waals surface area (Å²) < 4.78 is 12.9. The Morgan fingerprint density at radius 1 is 1.00 bits per heavy atom. The van der Waals surface area contributed by atoms with Crippen LogP contribution in [0.15, 0.2) is 72.9 Å². The van der Waals surface area contributed by atoms with Gasteiger partial charge in [0.1, 0.15) is 17.2 Å². The summed E-state index contributed by atoms with van der Waals surface area (Å²) >= 11 is 0. The van der Waals surface area contributed by atoms with E-state index in [0.29, 0.717) is 34.9 Å². The number of carbonyl (C=O) groups excluding carboxylic acids is 1. The Balaban J connectivity index is 1.56. The molecule has 1 N–H and O–H groups in total. The first-order valence-electron chi connectivity index (χ1n) is 9.38. The maximum absolute atomic E-state index is 13.0. The van der Waals surface area contributed by atoms with Gasteiger partial charge >= 0.3 is 0 Å². The largest absolute Gasteiger partial charge is 0.493 e. The highest BCUT2D eigenvalue weighted by atomic mass is 16.5. The van der Waals surface area contributed by atoms with E-state index in [-0.39, 0.29) is 5.91 Å². The number of imidazole rings is 1. The molecule has 0 radical (unpaired) electrons. The lowest BCUT2D eigenvalue weighted by atomic mass is 10.2. The summed E-state index contributed by atoms with van der Waals surface area (Å²) in [5.41, 5.74) is 2.53. The van der Waals surface area contributed by atoms with Crippen molar-refractivity contribution in [2.24, 2.45) is 0 Å². The summed E-state index contributed by atoms with van der Waals surface area (Å²) in [5, 5.41) is 2.94. The summed E-state index contributed by atoms with van der Waals surface area (Å²) in [6.07, 6.45) is 2.45. The first-order chi connectivity index (χ1) is 14.2. The molecule has 6 nitrogen and oxygen atoms in total. The molecule has 0 fully saturated rings. The van der Waals surface area contributed by atoms with Crippen molar-refractivity contribution >= 4 is 17.2 Å². The minimum absolute atomic E-state index is 0.223. The highest BCUT2D eigenvalue weighted by Gasteiger charge is 2.20. The molecule has 0 spiro atoms. The van der Waals surface area contributed by atoms with Crippen LogP contribution < -0.4 is 14.8 Å². The minimum atomic E-state index is -0.223. The molecule has 6 heteroatoms. The van der Waals surface area contributed by atoms with E-state index in [9.17, 15) is 4.79 Å². The number of rotatable bonds is 6. The van der Waals surface area contributed by atoms with Gasteiger partial charge in [-0.3, -0.25) is 9.20 Å². The van der Waals surface area contributed by atoms with E-state index in [2.05, 4.69) is 10.3 Å². The number of pyridine rings is 1. The van der Waals surface area contributed by atoms with Crippen molar-refractivity contribution in [1.82, 2.24) is 9.38 Å². The molecule has 0 saturated heterocycles. The van der Waals surface area contributed by atoms with Crippen molar-refractivity contribution in [3.05, 3.63) is 84.3 Å². The maximum atomic E-state index is 13.0. The molecule has 29 heavy (non-hydrogen) atoms. The second kappa shape index (κ2) is 8.06. The molecule has 146 valence electrons. The normalized spacial score (nSPS) is 10.7. The molecular weight excluding hydrogens is 366 g/mol. The first kappa shape index (κ1) is 18.6. The number of hydrogen-bond donors (Lipinski definition) is 1. The highest BCUT2D eigenvalue weighted by Crippen LogP contribution is 2.25. The molecule has 0 aliphatic heterocycles. The number of benzene rings is 2. The van der Waals surface area contributed by atoms with Crippen LogP contribution in [0.25, 0.3) is 5.65 Å². The second-order valence-corrected chi connectivity index (χ2v) is 6.42. The zero-order valence-corrected chi connectivity index (χ0v) is 16.3. The first-order valence-corrected chi connectivity index (χ1v) is 9.38. The van der Waals surface area contributed by atoms with Crippen molar-refractivity contribution in [1.29, 1.82) is 0 Å².